The fraction of sp³-hybridized carbons (Fsp3) is 0.154. The van der Waals surface area contributed by atoms with E-state index in [1.165, 1.54) is 6.21 Å². The Balaban J connectivity index is 2.51. The lowest BCUT2D eigenvalue weighted by molar-refractivity contribution is 0.321. The Labute approximate surface area is 99.7 Å². The van der Waals surface area contributed by atoms with Gasteiger partial charge in [0.1, 0.15) is 0 Å². The van der Waals surface area contributed by atoms with Gasteiger partial charge in [-0.15, -0.1) is 0 Å². The molecular formula is C13H13N3O. The van der Waals surface area contributed by atoms with Gasteiger partial charge in [-0.1, -0.05) is 5.16 Å². The van der Waals surface area contributed by atoms with Crippen LogP contribution in [0.2, 0.25) is 0 Å². The minimum Gasteiger partial charge on any atom is -0.411 e. The van der Waals surface area contributed by atoms with Crippen LogP contribution < -0.4 is 0 Å². The molecule has 2 aromatic heterocycles. The van der Waals surface area contributed by atoms with Crippen LogP contribution in [0, 0.1) is 13.8 Å². The van der Waals surface area contributed by atoms with Gasteiger partial charge in [-0.25, -0.2) is 4.98 Å². The number of oxime groups is 1. The second kappa shape index (κ2) is 4.74. The third-order valence-electron chi connectivity index (χ3n) is 2.36. The number of pyridine rings is 2. The molecule has 1 N–H and O–H groups in total. The van der Waals surface area contributed by atoms with Gasteiger partial charge in [-0.3, -0.25) is 4.98 Å². The summed E-state index contributed by atoms with van der Waals surface area (Å²) < 4.78 is 0. The fourth-order valence-electron chi connectivity index (χ4n) is 1.63. The van der Waals surface area contributed by atoms with E-state index in [2.05, 4.69) is 15.1 Å². The van der Waals surface area contributed by atoms with E-state index in [1.807, 2.05) is 38.1 Å². The van der Waals surface area contributed by atoms with Gasteiger partial charge in [0.15, 0.2) is 0 Å². The molecule has 0 aliphatic heterocycles. The summed E-state index contributed by atoms with van der Waals surface area (Å²) in [6, 6.07) is 7.71. The SMILES string of the molecule is Cc1ccnc(-c2cc(C)cc(C=NO)n2)c1. The van der Waals surface area contributed by atoms with E-state index in [4.69, 9.17) is 5.21 Å². The highest BCUT2D eigenvalue weighted by molar-refractivity contribution is 5.78. The van der Waals surface area contributed by atoms with E-state index in [-0.39, 0.29) is 0 Å². The number of hydrogen-bond acceptors (Lipinski definition) is 4. The van der Waals surface area contributed by atoms with Crippen molar-refractivity contribution in [3.63, 3.8) is 0 Å². The number of nitrogens with zero attached hydrogens (tertiary/aromatic N) is 3. The minimum atomic E-state index is 0.616. The van der Waals surface area contributed by atoms with Crippen LogP contribution in [0.3, 0.4) is 0 Å². The first-order valence-electron chi connectivity index (χ1n) is 5.28. The first-order chi connectivity index (χ1) is 8.19. The largest absolute Gasteiger partial charge is 0.411 e. The van der Waals surface area contributed by atoms with Gasteiger partial charge in [-0.2, -0.15) is 0 Å². The summed E-state index contributed by atoms with van der Waals surface area (Å²) in [5, 5.41) is 11.5. The molecule has 0 aromatic carbocycles. The second-order valence-corrected chi connectivity index (χ2v) is 3.92. The van der Waals surface area contributed by atoms with Crippen LogP contribution in [-0.4, -0.2) is 21.4 Å². The summed E-state index contributed by atoms with van der Waals surface area (Å²) in [7, 11) is 0. The first-order valence-corrected chi connectivity index (χ1v) is 5.28. The predicted octanol–water partition coefficient (Wildman–Crippen LogP) is 2.57. The van der Waals surface area contributed by atoms with Crippen molar-refractivity contribution < 1.29 is 5.21 Å². The molecular weight excluding hydrogens is 214 g/mol. The molecule has 0 unspecified atom stereocenters. The Morgan fingerprint density at radius 1 is 1.12 bits per heavy atom. The quantitative estimate of drug-likeness (QED) is 0.487. The average molecular weight is 227 g/mol. The third kappa shape index (κ3) is 2.66. The van der Waals surface area contributed by atoms with Gasteiger partial charge in [0, 0.05) is 6.20 Å². The summed E-state index contributed by atoms with van der Waals surface area (Å²) >= 11 is 0. The monoisotopic (exact) mass is 227 g/mol. The van der Waals surface area contributed by atoms with Gasteiger partial charge in [0.2, 0.25) is 0 Å². The number of hydrogen-bond donors (Lipinski definition) is 1. The standard InChI is InChI=1S/C13H13N3O/c1-9-3-4-14-12(6-9)13-7-10(2)5-11(16-13)8-15-17/h3-8,17H,1-2H3. The normalized spacial score (nSPS) is 10.9. The summed E-state index contributed by atoms with van der Waals surface area (Å²) in [6.07, 6.45) is 3.07. The van der Waals surface area contributed by atoms with E-state index in [1.54, 1.807) is 6.20 Å². The van der Waals surface area contributed by atoms with Crippen LogP contribution >= 0.6 is 0 Å². The smallest absolute Gasteiger partial charge is 0.0918 e. The molecule has 2 heterocycles. The van der Waals surface area contributed by atoms with E-state index >= 15 is 0 Å². The van der Waals surface area contributed by atoms with Gasteiger partial charge in [0.05, 0.1) is 23.3 Å². The molecule has 2 aromatic rings. The Morgan fingerprint density at radius 3 is 2.59 bits per heavy atom. The maximum absolute atomic E-state index is 8.53. The van der Waals surface area contributed by atoms with Crippen LogP contribution in [0.25, 0.3) is 11.4 Å². The molecule has 0 amide bonds. The molecule has 0 radical (unpaired) electrons. The molecule has 0 aliphatic carbocycles. The zero-order valence-electron chi connectivity index (χ0n) is 9.75. The van der Waals surface area contributed by atoms with Crippen molar-refractivity contribution in [3.8, 4) is 11.4 Å². The zero-order valence-corrected chi connectivity index (χ0v) is 9.75. The summed E-state index contributed by atoms with van der Waals surface area (Å²) in [5.74, 6) is 0. The Bertz CT molecular complexity index is 564. The van der Waals surface area contributed by atoms with Crippen molar-refractivity contribution in [3.05, 3.63) is 47.3 Å². The van der Waals surface area contributed by atoms with Crippen LogP contribution in [0.15, 0.2) is 35.6 Å². The van der Waals surface area contributed by atoms with E-state index < -0.39 is 0 Å². The maximum Gasteiger partial charge on any atom is 0.0918 e. The Morgan fingerprint density at radius 2 is 1.88 bits per heavy atom. The minimum absolute atomic E-state index is 0.616. The molecule has 0 bridgehead atoms. The fourth-order valence-corrected chi connectivity index (χ4v) is 1.63. The van der Waals surface area contributed by atoms with Gasteiger partial charge >= 0.3 is 0 Å². The first kappa shape index (κ1) is 11.3. The van der Waals surface area contributed by atoms with Gasteiger partial charge < -0.3 is 5.21 Å². The van der Waals surface area contributed by atoms with Crippen molar-refractivity contribution in [1.82, 2.24) is 9.97 Å². The Kier molecular flexibility index (Phi) is 3.14. The molecule has 0 atom stereocenters. The molecule has 0 fully saturated rings. The lowest BCUT2D eigenvalue weighted by atomic mass is 10.1. The van der Waals surface area contributed by atoms with E-state index in [0.717, 1.165) is 22.5 Å². The van der Waals surface area contributed by atoms with Crippen molar-refractivity contribution in [2.45, 2.75) is 13.8 Å². The Hall–Kier alpha value is -2.23. The van der Waals surface area contributed by atoms with Crippen LogP contribution in [0.1, 0.15) is 16.8 Å². The van der Waals surface area contributed by atoms with Gasteiger partial charge in [-0.05, 0) is 49.2 Å². The third-order valence-corrected chi connectivity index (χ3v) is 2.36. The lowest BCUT2D eigenvalue weighted by Crippen LogP contribution is -1.94. The molecule has 0 spiro atoms. The number of aromatic nitrogens is 2. The highest BCUT2D eigenvalue weighted by Gasteiger charge is 2.03. The predicted molar refractivity (Wildman–Crippen MR) is 66.3 cm³/mol. The number of rotatable bonds is 2. The van der Waals surface area contributed by atoms with Crippen molar-refractivity contribution in [1.29, 1.82) is 0 Å². The maximum atomic E-state index is 8.53. The molecule has 2 rings (SSSR count). The second-order valence-electron chi connectivity index (χ2n) is 3.92. The lowest BCUT2D eigenvalue weighted by Gasteiger charge is -2.04. The van der Waals surface area contributed by atoms with Crippen LogP contribution in [-0.2, 0) is 0 Å². The summed E-state index contributed by atoms with van der Waals surface area (Å²) in [4.78, 5) is 8.65. The van der Waals surface area contributed by atoms with E-state index in [0.29, 0.717) is 5.69 Å². The average Bonchev–Trinajstić information content (AvgIpc) is 2.28. The van der Waals surface area contributed by atoms with Gasteiger partial charge in [0.25, 0.3) is 0 Å². The van der Waals surface area contributed by atoms with Crippen LogP contribution in [0.5, 0.6) is 0 Å². The molecule has 86 valence electrons. The highest BCUT2D eigenvalue weighted by Crippen LogP contribution is 2.17. The summed E-state index contributed by atoms with van der Waals surface area (Å²) in [5.41, 5.74) is 4.40. The molecule has 0 saturated heterocycles. The number of aryl methyl sites for hydroxylation is 2. The zero-order chi connectivity index (χ0) is 12.3. The van der Waals surface area contributed by atoms with Crippen molar-refractivity contribution in [2.75, 3.05) is 0 Å². The molecule has 17 heavy (non-hydrogen) atoms. The molecule has 0 aliphatic rings. The van der Waals surface area contributed by atoms with Crippen LogP contribution in [0.4, 0.5) is 0 Å². The van der Waals surface area contributed by atoms with E-state index in [9.17, 15) is 0 Å². The van der Waals surface area contributed by atoms with Crippen molar-refractivity contribution in [2.24, 2.45) is 5.16 Å². The molecule has 0 saturated carbocycles. The topological polar surface area (TPSA) is 58.4 Å². The molecule has 4 nitrogen and oxygen atoms in total. The highest BCUT2D eigenvalue weighted by atomic mass is 16.4. The molecule has 4 heteroatoms. The summed E-state index contributed by atoms with van der Waals surface area (Å²) in [6.45, 7) is 3.98. The van der Waals surface area contributed by atoms with Crippen molar-refractivity contribution >= 4 is 6.21 Å².